The van der Waals surface area contributed by atoms with E-state index in [1.807, 2.05) is 48.5 Å². The predicted octanol–water partition coefficient (Wildman–Crippen LogP) is 4.19. The zero-order valence-electron chi connectivity index (χ0n) is 16.2. The summed E-state index contributed by atoms with van der Waals surface area (Å²) in [5.41, 5.74) is 2.96. The number of carbonyl (C=O) groups excluding carboxylic acids is 1. The first kappa shape index (κ1) is 19.5. The van der Waals surface area contributed by atoms with Crippen molar-refractivity contribution >= 4 is 5.91 Å². The molecule has 0 aliphatic rings. The minimum atomic E-state index is -0.196. The van der Waals surface area contributed by atoms with Crippen LogP contribution in [0.25, 0.3) is 11.3 Å². The van der Waals surface area contributed by atoms with Crippen LogP contribution in [0.1, 0.15) is 35.7 Å². The van der Waals surface area contributed by atoms with Gasteiger partial charge in [0.05, 0.1) is 31.2 Å². The van der Waals surface area contributed by atoms with Crippen molar-refractivity contribution in [3.8, 4) is 22.8 Å². The van der Waals surface area contributed by atoms with Crippen LogP contribution in [0.3, 0.4) is 0 Å². The van der Waals surface area contributed by atoms with Crippen LogP contribution in [0.15, 0.2) is 54.7 Å². The molecule has 146 valence electrons. The summed E-state index contributed by atoms with van der Waals surface area (Å²) in [6.45, 7) is 3.21. The van der Waals surface area contributed by atoms with Gasteiger partial charge in [-0.25, -0.2) is 0 Å². The molecule has 1 aromatic heterocycles. The van der Waals surface area contributed by atoms with Crippen LogP contribution in [0.4, 0.5) is 0 Å². The minimum Gasteiger partial charge on any atom is -0.496 e. The van der Waals surface area contributed by atoms with Crippen LogP contribution in [0, 0.1) is 0 Å². The Hall–Kier alpha value is -3.28. The number of nitrogens with one attached hydrogen (secondary N) is 2. The number of methoxy groups -OCH3 is 1. The van der Waals surface area contributed by atoms with Gasteiger partial charge in [0, 0.05) is 17.7 Å². The first-order chi connectivity index (χ1) is 13.7. The molecule has 0 fully saturated rings. The number of para-hydroxylation sites is 1. The van der Waals surface area contributed by atoms with Crippen molar-refractivity contribution < 1.29 is 14.3 Å². The number of aromatic amines is 1. The largest absolute Gasteiger partial charge is 0.496 e. The second-order valence-corrected chi connectivity index (χ2v) is 6.38. The number of amides is 1. The van der Waals surface area contributed by atoms with Gasteiger partial charge in [0.25, 0.3) is 5.91 Å². The highest BCUT2D eigenvalue weighted by atomic mass is 16.5. The summed E-state index contributed by atoms with van der Waals surface area (Å²) in [4.78, 5) is 12.7. The maximum Gasteiger partial charge on any atom is 0.255 e. The van der Waals surface area contributed by atoms with E-state index < -0.39 is 0 Å². The summed E-state index contributed by atoms with van der Waals surface area (Å²) in [6, 6.07) is 15.3. The van der Waals surface area contributed by atoms with Crippen molar-refractivity contribution in [1.29, 1.82) is 0 Å². The predicted molar refractivity (Wildman–Crippen MR) is 109 cm³/mol. The summed E-state index contributed by atoms with van der Waals surface area (Å²) in [5, 5.41) is 9.90. The normalized spacial score (nSPS) is 10.5. The van der Waals surface area contributed by atoms with E-state index >= 15 is 0 Å². The molecule has 0 unspecified atom stereocenters. The highest BCUT2D eigenvalue weighted by Crippen LogP contribution is 2.24. The monoisotopic (exact) mass is 379 g/mol. The molecule has 0 aliphatic carbocycles. The lowest BCUT2D eigenvalue weighted by molar-refractivity contribution is 0.0951. The molecule has 1 heterocycles. The van der Waals surface area contributed by atoms with Crippen LogP contribution in [0.5, 0.6) is 11.5 Å². The van der Waals surface area contributed by atoms with Gasteiger partial charge in [-0.2, -0.15) is 5.10 Å². The molecule has 0 saturated carbocycles. The van der Waals surface area contributed by atoms with E-state index in [2.05, 4.69) is 22.4 Å². The zero-order chi connectivity index (χ0) is 19.8. The van der Waals surface area contributed by atoms with Crippen LogP contribution in [-0.4, -0.2) is 29.8 Å². The van der Waals surface area contributed by atoms with Gasteiger partial charge < -0.3 is 14.8 Å². The van der Waals surface area contributed by atoms with E-state index in [0.29, 0.717) is 24.4 Å². The van der Waals surface area contributed by atoms with E-state index in [0.717, 1.165) is 35.5 Å². The standard InChI is InChI=1S/C22H25N3O3/c1-3-4-13-28-18-11-9-16(10-12-18)21-19(15-24-25-21)22(26)23-14-17-7-5-6-8-20(17)27-2/h5-12,15H,3-4,13-14H2,1-2H3,(H,23,26)(H,24,25). The van der Waals surface area contributed by atoms with Gasteiger partial charge in [-0.1, -0.05) is 31.5 Å². The van der Waals surface area contributed by atoms with Gasteiger partial charge in [-0.3, -0.25) is 9.89 Å². The fraction of sp³-hybridized carbons (Fsp3) is 0.273. The lowest BCUT2D eigenvalue weighted by Crippen LogP contribution is -2.23. The Morgan fingerprint density at radius 3 is 2.68 bits per heavy atom. The van der Waals surface area contributed by atoms with Crippen molar-refractivity contribution in [3.05, 3.63) is 65.9 Å². The molecule has 0 saturated heterocycles. The highest BCUT2D eigenvalue weighted by Gasteiger charge is 2.15. The molecule has 0 spiro atoms. The number of rotatable bonds is 9. The number of H-pyrrole nitrogens is 1. The third kappa shape index (κ3) is 4.71. The van der Waals surface area contributed by atoms with Crippen molar-refractivity contribution in [2.75, 3.05) is 13.7 Å². The fourth-order valence-corrected chi connectivity index (χ4v) is 2.85. The van der Waals surface area contributed by atoms with Crippen molar-refractivity contribution in [1.82, 2.24) is 15.5 Å². The second kappa shape index (κ2) is 9.60. The Balaban J connectivity index is 1.68. The number of carbonyl (C=O) groups is 1. The number of ether oxygens (including phenoxy) is 2. The maximum absolute atomic E-state index is 12.7. The van der Waals surface area contributed by atoms with E-state index in [1.54, 1.807) is 13.3 Å². The molecule has 6 heteroatoms. The zero-order valence-corrected chi connectivity index (χ0v) is 16.2. The SMILES string of the molecule is CCCCOc1ccc(-c2[nH]ncc2C(=O)NCc2ccccc2OC)cc1. The average Bonchev–Trinajstić information content (AvgIpc) is 3.23. The lowest BCUT2D eigenvalue weighted by Gasteiger charge is -2.10. The Morgan fingerprint density at radius 1 is 1.14 bits per heavy atom. The smallest absolute Gasteiger partial charge is 0.255 e. The van der Waals surface area contributed by atoms with Crippen molar-refractivity contribution in [2.24, 2.45) is 0 Å². The summed E-state index contributed by atoms with van der Waals surface area (Å²) < 4.78 is 11.0. The van der Waals surface area contributed by atoms with E-state index in [9.17, 15) is 4.79 Å². The van der Waals surface area contributed by atoms with Crippen molar-refractivity contribution in [2.45, 2.75) is 26.3 Å². The minimum absolute atomic E-state index is 0.196. The molecule has 3 rings (SSSR count). The van der Waals surface area contributed by atoms with Gasteiger partial charge in [-0.05, 0) is 36.8 Å². The topological polar surface area (TPSA) is 76.2 Å². The molecule has 2 aromatic carbocycles. The maximum atomic E-state index is 12.7. The Morgan fingerprint density at radius 2 is 1.93 bits per heavy atom. The van der Waals surface area contributed by atoms with Gasteiger partial charge in [0.2, 0.25) is 0 Å². The number of nitrogens with zero attached hydrogens (tertiary/aromatic N) is 1. The van der Waals surface area contributed by atoms with Gasteiger partial charge in [-0.15, -0.1) is 0 Å². The Labute approximate surface area is 164 Å². The number of benzene rings is 2. The van der Waals surface area contributed by atoms with Crippen LogP contribution >= 0.6 is 0 Å². The number of hydrogen-bond donors (Lipinski definition) is 2. The number of aromatic nitrogens is 2. The molecule has 2 N–H and O–H groups in total. The summed E-state index contributed by atoms with van der Waals surface area (Å²) >= 11 is 0. The molecule has 1 amide bonds. The van der Waals surface area contributed by atoms with E-state index in [1.165, 1.54) is 0 Å². The second-order valence-electron chi connectivity index (χ2n) is 6.38. The molecular formula is C22H25N3O3. The first-order valence-electron chi connectivity index (χ1n) is 9.39. The van der Waals surface area contributed by atoms with Gasteiger partial charge in [0.1, 0.15) is 11.5 Å². The van der Waals surface area contributed by atoms with E-state index in [4.69, 9.17) is 9.47 Å². The summed E-state index contributed by atoms with van der Waals surface area (Å²) in [7, 11) is 1.62. The molecule has 0 radical (unpaired) electrons. The number of hydrogen-bond acceptors (Lipinski definition) is 4. The Kier molecular flexibility index (Phi) is 6.68. The lowest BCUT2D eigenvalue weighted by atomic mass is 10.1. The Bertz CT molecular complexity index is 903. The summed E-state index contributed by atoms with van der Waals surface area (Å²) in [6.07, 6.45) is 3.66. The molecule has 28 heavy (non-hydrogen) atoms. The first-order valence-corrected chi connectivity index (χ1v) is 9.39. The molecule has 6 nitrogen and oxygen atoms in total. The third-order valence-corrected chi connectivity index (χ3v) is 4.43. The highest BCUT2D eigenvalue weighted by molar-refractivity contribution is 5.99. The molecular weight excluding hydrogens is 354 g/mol. The third-order valence-electron chi connectivity index (χ3n) is 4.43. The van der Waals surface area contributed by atoms with Crippen LogP contribution in [0.2, 0.25) is 0 Å². The van der Waals surface area contributed by atoms with Crippen LogP contribution < -0.4 is 14.8 Å². The van der Waals surface area contributed by atoms with Gasteiger partial charge in [0.15, 0.2) is 0 Å². The molecule has 3 aromatic rings. The molecule has 0 aliphatic heterocycles. The van der Waals surface area contributed by atoms with Crippen molar-refractivity contribution in [3.63, 3.8) is 0 Å². The molecule has 0 atom stereocenters. The van der Waals surface area contributed by atoms with E-state index in [-0.39, 0.29) is 5.91 Å². The number of unbranched alkanes of at least 4 members (excludes halogenated alkanes) is 1. The van der Waals surface area contributed by atoms with Crippen LogP contribution in [-0.2, 0) is 6.54 Å². The van der Waals surface area contributed by atoms with Gasteiger partial charge >= 0.3 is 0 Å². The fourth-order valence-electron chi connectivity index (χ4n) is 2.85. The quantitative estimate of drug-likeness (QED) is 0.547. The molecule has 0 bridgehead atoms. The average molecular weight is 379 g/mol. The summed E-state index contributed by atoms with van der Waals surface area (Å²) in [5.74, 6) is 1.37.